The van der Waals surface area contributed by atoms with Crippen molar-refractivity contribution in [3.05, 3.63) is 47.7 Å². The maximum atomic E-state index is 9.44. The van der Waals surface area contributed by atoms with E-state index in [2.05, 4.69) is 43.9 Å². The number of hydrogen-bond donors (Lipinski definition) is 2. The van der Waals surface area contributed by atoms with Gasteiger partial charge >= 0.3 is 0 Å². The molecule has 9 nitrogen and oxygen atoms in total. The van der Waals surface area contributed by atoms with Crippen molar-refractivity contribution < 1.29 is 0 Å². The molecule has 1 fully saturated rings. The van der Waals surface area contributed by atoms with Crippen LogP contribution >= 0.6 is 11.6 Å². The molecule has 1 atom stereocenters. The van der Waals surface area contributed by atoms with Gasteiger partial charge in [0, 0.05) is 37.3 Å². The molecule has 4 rings (SSSR count). The highest BCUT2D eigenvalue weighted by Gasteiger charge is 2.32. The van der Waals surface area contributed by atoms with Gasteiger partial charge in [-0.1, -0.05) is 31.5 Å². The van der Waals surface area contributed by atoms with E-state index in [-0.39, 0.29) is 17.9 Å². The van der Waals surface area contributed by atoms with Gasteiger partial charge in [0.15, 0.2) is 6.19 Å². The normalized spacial score (nSPS) is 17.0. The van der Waals surface area contributed by atoms with Crippen molar-refractivity contribution in [3.8, 4) is 6.19 Å². The van der Waals surface area contributed by atoms with Crippen LogP contribution in [0.4, 0.5) is 17.5 Å². The Morgan fingerprint density at radius 3 is 2.88 bits per heavy atom. The number of benzene rings is 1. The molecule has 1 aliphatic heterocycles. The maximum absolute atomic E-state index is 9.44. The summed E-state index contributed by atoms with van der Waals surface area (Å²) in [4.78, 5) is 21.8. The third-order valence-electron chi connectivity index (χ3n) is 5.50. The first-order chi connectivity index (χ1) is 15.5. The van der Waals surface area contributed by atoms with Crippen LogP contribution in [-0.4, -0.2) is 51.5 Å². The molecule has 0 radical (unpaired) electrons. The smallest absolute Gasteiger partial charge is 0.223 e. The molecule has 2 aromatic heterocycles. The second-order valence-electron chi connectivity index (χ2n) is 7.88. The fourth-order valence-electron chi connectivity index (χ4n) is 3.95. The molecule has 164 valence electrons. The standard InChI is InChI=1S/C22H24ClN9/c1-14(2)18-12-31(20-11-19(23)29-21(25)30-20)9-10-32(18)22(27-13-24)28-17-7-3-6-16-15(17)5-4-8-26-16/h3-8,11,14,18H,9-10,12H2,1-2H3,(H,27,28)(H2,25,29,30)/t18-/m0/s1. The van der Waals surface area contributed by atoms with Crippen LogP contribution in [-0.2, 0) is 0 Å². The Morgan fingerprint density at radius 2 is 2.12 bits per heavy atom. The van der Waals surface area contributed by atoms with Gasteiger partial charge in [0.2, 0.25) is 11.9 Å². The van der Waals surface area contributed by atoms with Gasteiger partial charge in [-0.2, -0.15) is 10.2 Å². The van der Waals surface area contributed by atoms with Crippen LogP contribution in [0.2, 0.25) is 5.15 Å². The number of piperazine rings is 1. The first-order valence-electron chi connectivity index (χ1n) is 10.4. The van der Waals surface area contributed by atoms with Crippen molar-refractivity contribution in [2.24, 2.45) is 10.9 Å². The summed E-state index contributed by atoms with van der Waals surface area (Å²) in [7, 11) is 0. The molecule has 0 saturated carbocycles. The minimum atomic E-state index is 0.0754. The second-order valence-corrected chi connectivity index (χ2v) is 8.26. The number of rotatable bonds is 3. The number of nitriles is 1. The van der Waals surface area contributed by atoms with Crippen molar-refractivity contribution in [1.82, 2.24) is 25.2 Å². The number of hydrogen-bond acceptors (Lipinski definition) is 7. The van der Waals surface area contributed by atoms with E-state index in [1.54, 1.807) is 12.3 Å². The lowest BCUT2D eigenvalue weighted by Gasteiger charge is -2.44. The van der Waals surface area contributed by atoms with Crippen molar-refractivity contribution in [1.29, 1.82) is 5.26 Å². The molecule has 32 heavy (non-hydrogen) atoms. The number of anilines is 2. The molecule has 10 heteroatoms. The molecule has 3 N–H and O–H groups in total. The zero-order chi connectivity index (χ0) is 22.7. The molecular formula is C22H24ClN9. The molecule has 1 aromatic carbocycles. The first-order valence-corrected chi connectivity index (χ1v) is 10.7. The van der Waals surface area contributed by atoms with E-state index in [1.807, 2.05) is 36.5 Å². The van der Waals surface area contributed by atoms with Gasteiger partial charge in [-0.3, -0.25) is 10.3 Å². The monoisotopic (exact) mass is 449 g/mol. The molecular weight excluding hydrogens is 426 g/mol. The van der Waals surface area contributed by atoms with Crippen LogP contribution in [0.5, 0.6) is 0 Å². The number of nitrogen functional groups attached to an aromatic ring is 1. The lowest BCUT2D eigenvalue weighted by molar-refractivity contribution is 0.220. The topological polar surface area (TPSA) is 119 Å². The van der Waals surface area contributed by atoms with Gasteiger partial charge in [-0.15, -0.1) is 0 Å². The number of halogens is 1. The Hall–Kier alpha value is -3.64. The Balaban J connectivity index is 1.68. The van der Waals surface area contributed by atoms with Crippen molar-refractivity contribution in [3.63, 3.8) is 0 Å². The number of guanidine groups is 1. The van der Waals surface area contributed by atoms with E-state index in [0.29, 0.717) is 36.6 Å². The number of aliphatic imine (C=N–C) groups is 1. The Kier molecular flexibility index (Phi) is 6.23. The molecule has 3 aromatic rings. The van der Waals surface area contributed by atoms with Gasteiger partial charge in [0.1, 0.15) is 11.0 Å². The summed E-state index contributed by atoms with van der Waals surface area (Å²) in [5.74, 6) is 1.64. The molecule has 0 spiro atoms. The average molecular weight is 450 g/mol. The Labute approximate surface area is 191 Å². The maximum Gasteiger partial charge on any atom is 0.223 e. The molecule has 3 heterocycles. The molecule has 0 aliphatic carbocycles. The average Bonchev–Trinajstić information content (AvgIpc) is 2.78. The summed E-state index contributed by atoms with van der Waals surface area (Å²) in [5.41, 5.74) is 7.41. The molecule has 0 unspecified atom stereocenters. The minimum Gasteiger partial charge on any atom is -0.368 e. The van der Waals surface area contributed by atoms with Crippen LogP contribution in [0.15, 0.2) is 47.6 Å². The van der Waals surface area contributed by atoms with Crippen LogP contribution < -0.4 is 16.0 Å². The van der Waals surface area contributed by atoms with Crippen LogP contribution in [0.3, 0.4) is 0 Å². The number of nitrogens with two attached hydrogens (primary N) is 1. The van der Waals surface area contributed by atoms with E-state index in [1.165, 1.54) is 0 Å². The SMILES string of the molecule is CC(C)[C@@H]1CN(c2cc(Cl)nc(N)n2)CCN1C(=Nc1cccc2ncccc12)NC#N. The molecule has 0 bridgehead atoms. The third-order valence-corrected chi connectivity index (χ3v) is 5.69. The lowest BCUT2D eigenvalue weighted by atomic mass is 9.99. The van der Waals surface area contributed by atoms with Gasteiger partial charge in [-0.25, -0.2) is 9.98 Å². The predicted octanol–water partition coefficient (Wildman–Crippen LogP) is 3.17. The fraction of sp³-hybridized carbons (Fsp3) is 0.318. The lowest BCUT2D eigenvalue weighted by Crippen LogP contribution is -2.59. The van der Waals surface area contributed by atoms with Crippen molar-refractivity contribution >= 4 is 45.9 Å². The Bertz CT molecular complexity index is 1160. The molecule has 0 amide bonds. The van der Waals surface area contributed by atoms with Gasteiger partial charge < -0.3 is 15.5 Å². The highest BCUT2D eigenvalue weighted by atomic mass is 35.5. The molecule has 1 saturated heterocycles. The highest BCUT2D eigenvalue weighted by Crippen LogP contribution is 2.27. The fourth-order valence-corrected chi connectivity index (χ4v) is 4.13. The summed E-state index contributed by atoms with van der Waals surface area (Å²) in [6, 6.07) is 11.4. The second kappa shape index (κ2) is 9.24. The Morgan fingerprint density at radius 1 is 1.28 bits per heavy atom. The van der Waals surface area contributed by atoms with Gasteiger partial charge in [0.05, 0.1) is 17.2 Å². The predicted molar refractivity (Wildman–Crippen MR) is 127 cm³/mol. The van der Waals surface area contributed by atoms with Crippen molar-refractivity contribution in [2.45, 2.75) is 19.9 Å². The minimum absolute atomic E-state index is 0.0754. The van der Waals surface area contributed by atoms with E-state index in [9.17, 15) is 5.26 Å². The van der Waals surface area contributed by atoms with Gasteiger partial charge in [0.25, 0.3) is 0 Å². The quantitative estimate of drug-likeness (QED) is 0.206. The summed E-state index contributed by atoms with van der Waals surface area (Å²) in [5, 5.41) is 13.5. The number of pyridine rings is 1. The largest absolute Gasteiger partial charge is 0.368 e. The summed E-state index contributed by atoms with van der Waals surface area (Å²) >= 11 is 6.09. The number of nitrogens with one attached hydrogen (secondary N) is 1. The summed E-state index contributed by atoms with van der Waals surface area (Å²) in [6.45, 7) is 6.27. The zero-order valence-corrected chi connectivity index (χ0v) is 18.7. The zero-order valence-electron chi connectivity index (χ0n) is 17.9. The number of aromatic nitrogens is 3. The number of fused-ring (bicyclic) bond motifs is 1. The van der Waals surface area contributed by atoms with Crippen LogP contribution in [0.25, 0.3) is 10.9 Å². The molecule has 1 aliphatic rings. The van der Waals surface area contributed by atoms with E-state index in [4.69, 9.17) is 22.3 Å². The van der Waals surface area contributed by atoms with E-state index < -0.39 is 0 Å². The van der Waals surface area contributed by atoms with E-state index >= 15 is 0 Å². The van der Waals surface area contributed by atoms with Crippen LogP contribution in [0, 0.1) is 17.4 Å². The summed E-state index contributed by atoms with van der Waals surface area (Å²) in [6.07, 6.45) is 3.80. The third kappa shape index (κ3) is 4.50. The summed E-state index contributed by atoms with van der Waals surface area (Å²) < 4.78 is 0. The van der Waals surface area contributed by atoms with E-state index in [0.717, 1.165) is 16.6 Å². The highest BCUT2D eigenvalue weighted by molar-refractivity contribution is 6.29. The number of nitrogens with zero attached hydrogens (tertiary/aromatic N) is 7. The van der Waals surface area contributed by atoms with Crippen LogP contribution in [0.1, 0.15) is 13.8 Å². The first kappa shape index (κ1) is 21.6. The van der Waals surface area contributed by atoms with Gasteiger partial charge in [-0.05, 0) is 30.2 Å². The van der Waals surface area contributed by atoms with Crippen molar-refractivity contribution in [2.75, 3.05) is 30.3 Å².